The molecule has 0 aliphatic heterocycles. The summed E-state index contributed by atoms with van der Waals surface area (Å²) in [5, 5.41) is 0. The number of benzene rings is 15. The Balaban J connectivity index is 0.000000242. The highest BCUT2D eigenvalue weighted by molar-refractivity contribution is 5.93. The van der Waals surface area contributed by atoms with Crippen molar-refractivity contribution in [2.45, 2.75) is 283 Å². The van der Waals surface area contributed by atoms with E-state index in [1.54, 1.807) is 0 Å². The average Bonchev–Trinajstić information content (AvgIpc) is 1.52. The molecule has 0 fully saturated rings. The first-order valence-corrected chi connectivity index (χ1v) is 51.1. The monoisotopic (exact) mass is 1750 g/mol. The number of rotatable bonds is 6. The lowest BCUT2D eigenvalue weighted by atomic mass is 9.61. The fourth-order valence-electron chi connectivity index (χ4n) is 21.4. The first-order chi connectivity index (χ1) is 64.7. The summed E-state index contributed by atoms with van der Waals surface area (Å²) in [6.45, 7) is 68.0. The molecule has 3 spiro atoms. The van der Waals surface area contributed by atoms with Gasteiger partial charge in [0, 0.05) is 0 Å². The molecule has 6 aliphatic rings. The Labute approximate surface area is 804 Å². The van der Waals surface area contributed by atoms with Crippen LogP contribution in [-0.2, 0) is 54.8 Å². The summed E-state index contributed by atoms with van der Waals surface area (Å²) in [5.74, 6) is 0. The highest BCUT2D eigenvalue weighted by atomic mass is 14.5. The van der Waals surface area contributed by atoms with E-state index in [1.807, 2.05) is 166 Å². The van der Waals surface area contributed by atoms with Gasteiger partial charge in [0.25, 0.3) is 0 Å². The lowest BCUT2D eigenvalue weighted by Crippen LogP contribution is -2.34. The van der Waals surface area contributed by atoms with Gasteiger partial charge in [-0.25, -0.2) is 0 Å². The average molecular weight is 1750 g/mol. The Morgan fingerprint density at radius 3 is 0.818 bits per heavy atom. The minimum Gasteiger partial charge on any atom is -0.0683 e. The molecule has 0 amide bonds. The zero-order valence-corrected chi connectivity index (χ0v) is 87.7. The van der Waals surface area contributed by atoms with E-state index in [9.17, 15) is 0 Å². The molecule has 0 bridgehead atoms. The first kappa shape index (κ1) is 107. The highest BCUT2D eigenvalue weighted by Crippen LogP contribution is 2.64. The maximum Gasteiger partial charge on any atom is 0.0721 e. The second-order valence-corrected chi connectivity index (χ2v) is 32.4. The third-order valence-electron chi connectivity index (χ3n) is 25.0. The number of hydrogen-bond acceptors (Lipinski definition) is 0. The summed E-state index contributed by atoms with van der Waals surface area (Å²) in [7, 11) is 0. The van der Waals surface area contributed by atoms with Crippen molar-refractivity contribution >= 4 is 0 Å². The summed E-state index contributed by atoms with van der Waals surface area (Å²) >= 11 is 0. The summed E-state index contributed by atoms with van der Waals surface area (Å²) in [6.07, 6.45) is 5.84. The number of aryl methyl sites for hydroxylation is 9. The van der Waals surface area contributed by atoms with Gasteiger partial charge in [-0.1, -0.05) is 514 Å². The molecule has 0 unspecified atom stereocenters. The summed E-state index contributed by atoms with van der Waals surface area (Å²) in [6, 6.07) is 118. The van der Waals surface area contributed by atoms with Crippen molar-refractivity contribution < 1.29 is 0 Å². The van der Waals surface area contributed by atoms with Crippen LogP contribution >= 0.6 is 0 Å². The van der Waals surface area contributed by atoms with E-state index in [2.05, 4.69) is 372 Å². The summed E-state index contributed by atoms with van der Waals surface area (Å²) < 4.78 is 0. The molecule has 0 saturated heterocycles. The number of hydrogen-bond donors (Lipinski definition) is 0. The Morgan fingerprint density at radius 1 is 0.174 bits per heavy atom. The number of fused-ring (bicyclic) bond motifs is 27. The standard InChI is InChI=1S/3C36H30.12C2H6/c1-23-18-24(2)20-26(19-23)21-29-13-9-17-33-34(29)30-14-8-10-25(3)35(30)36(33)31-15-6-4-11-27(31)22-28-12-5-7-16-32(28)36;1-23-17-24(2)19-27(18-23)20-26-15-16-33-30(21-26)35-25(3)9-8-14-34(35)36(33)31-12-6-4-10-28(31)22-29-11-5-7-13-32(29)36;1-23-12-14-34-30(19-23)31-21-26(20-27-17-24(2)16-25(3)18-27)13-15-35(31)36(34)32-10-6-4-8-28(32)22-29-9-5-7-11-33(29)36;12*1-2/h4-20H,21-22H2,1-3H3;2*4-19,21H,20,22H2,1-3H3;12*1-2H3. The molecular weight excluding hydrogens is 1590 g/mol. The van der Waals surface area contributed by atoms with Gasteiger partial charge in [-0.2, -0.15) is 0 Å². The van der Waals surface area contributed by atoms with Crippen LogP contribution in [0.15, 0.2) is 309 Å². The van der Waals surface area contributed by atoms with Crippen molar-refractivity contribution in [3.05, 3.63) is 493 Å². The Morgan fingerprint density at radius 2 is 0.447 bits per heavy atom. The first-order valence-electron chi connectivity index (χ1n) is 51.1. The van der Waals surface area contributed by atoms with Crippen LogP contribution in [0.2, 0.25) is 0 Å². The summed E-state index contributed by atoms with van der Waals surface area (Å²) in [4.78, 5) is 0. The molecule has 21 rings (SSSR count). The third kappa shape index (κ3) is 20.9. The molecule has 132 heavy (non-hydrogen) atoms. The fraction of sp³-hybridized carbons (Fsp3) is 0.318. The van der Waals surface area contributed by atoms with Gasteiger partial charge >= 0.3 is 0 Å². The molecule has 0 aromatic heterocycles. The molecule has 6 aliphatic carbocycles. The second kappa shape index (κ2) is 51.4. The van der Waals surface area contributed by atoms with Crippen molar-refractivity contribution in [2.24, 2.45) is 0 Å². The van der Waals surface area contributed by atoms with E-state index in [0.29, 0.717) is 0 Å². The third-order valence-corrected chi connectivity index (χ3v) is 25.0. The van der Waals surface area contributed by atoms with E-state index in [4.69, 9.17) is 0 Å². The van der Waals surface area contributed by atoms with Crippen molar-refractivity contribution in [1.82, 2.24) is 0 Å². The fourth-order valence-corrected chi connectivity index (χ4v) is 21.4. The van der Waals surface area contributed by atoms with Crippen LogP contribution in [-0.4, -0.2) is 0 Å². The Kier molecular flexibility index (Phi) is 41.8. The normalized spacial score (nSPS) is 12.2. The van der Waals surface area contributed by atoms with Crippen LogP contribution in [0.3, 0.4) is 0 Å². The van der Waals surface area contributed by atoms with Gasteiger partial charge in [0.15, 0.2) is 0 Å². The minimum atomic E-state index is -0.278. The highest BCUT2D eigenvalue weighted by Gasteiger charge is 2.54. The topological polar surface area (TPSA) is 0 Å². The molecule has 0 nitrogen and oxygen atoms in total. The van der Waals surface area contributed by atoms with E-state index in [1.165, 1.54) is 217 Å². The molecule has 0 heterocycles. The van der Waals surface area contributed by atoms with Gasteiger partial charge in [0.05, 0.1) is 16.2 Å². The molecule has 0 heteroatoms. The molecule has 0 N–H and O–H groups in total. The van der Waals surface area contributed by atoms with Crippen LogP contribution in [0.4, 0.5) is 0 Å². The van der Waals surface area contributed by atoms with Gasteiger partial charge in [0.1, 0.15) is 0 Å². The lowest BCUT2D eigenvalue weighted by molar-refractivity contribution is 0.716. The SMILES string of the molecule is CC.CC.CC.CC.CC.CC.CC.CC.CC.CC.CC.CC.Cc1cc(C)cc(Cc2ccc3c(c2)-c2c(C)cccc2C32c3ccccc3Cc3ccccc32)c1.Cc1cc(C)cc(Cc2ccc3c(c2)-c2cc(C)ccc2C32c3ccccc3Cc3ccccc32)c1.Cc1cc(C)cc(Cc2cccc3c2-c2cccc(C)c2C32c3ccccc3Cc3ccccc32)c1. The van der Waals surface area contributed by atoms with E-state index >= 15 is 0 Å². The zero-order valence-electron chi connectivity index (χ0n) is 87.7. The molecule has 15 aromatic carbocycles. The van der Waals surface area contributed by atoms with Gasteiger partial charge < -0.3 is 0 Å². The van der Waals surface area contributed by atoms with Crippen molar-refractivity contribution in [1.29, 1.82) is 0 Å². The summed E-state index contributed by atoms with van der Waals surface area (Å²) in [5.41, 5.74) is 53.9. The predicted octanol–water partition coefficient (Wildman–Crippen LogP) is 37.7. The van der Waals surface area contributed by atoms with Gasteiger partial charge in [-0.15, -0.1) is 0 Å². The molecule has 690 valence electrons. The van der Waals surface area contributed by atoms with Crippen LogP contribution < -0.4 is 0 Å². The van der Waals surface area contributed by atoms with Crippen LogP contribution in [0.25, 0.3) is 33.4 Å². The van der Waals surface area contributed by atoms with Gasteiger partial charge in [-0.05, 0) is 279 Å². The molecular formula is C132H162. The smallest absolute Gasteiger partial charge is 0.0683 e. The lowest BCUT2D eigenvalue weighted by Gasteiger charge is -2.41. The zero-order chi connectivity index (χ0) is 97.3. The second-order valence-electron chi connectivity index (χ2n) is 32.4. The van der Waals surface area contributed by atoms with Gasteiger partial charge in [-0.3, -0.25) is 0 Å². The van der Waals surface area contributed by atoms with Crippen LogP contribution in [0.1, 0.15) is 350 Å². The van der Waals surface area contributed by atoms with Gasteiger partial charge in [0.2, 0.25) is 0 Å². The molecule has 0 radical (unpaired) electrons. The van der Waals surface area contributed by atoms with Crippen molar-refractivity contribution in [2.75, 3.05) is 0 Å². The minimum absolute atomic E-state index is 0.262. The largest absolute Gasteiger partial charge is 0.0721 e. The van der Waals surface area contributed by atoms with Crippen molar-refractivity contribution in [3.63, 3.8) is 0 Å². The van der Waals surface area contributed by atoms with E-state index < -0.39 is 0 Å². The van der Waals surface area contributed by atoms with Crippen LogP contribution in [0, 0.1) is 62.3 Å². The Hall–Kier alpha value is -11.7. The van der Waals surface area contributed by atoms with E-state index in [0.717, 1.165) is 38.5 Å². The Bertz CT molecular complexity index is 6000. The van der Waals surface area contributed by atoms with Crippen LogP contribution in [0.5, 0.6) is 0 Å². The maximum atomic E-state index is 2.48. The maximum absolute atomic E-state index is 2.48. The molecule has 0 atom stereocenters. The predicted molar refractivity (Wildman–Crippen MR) is 586 cm³/mol. The molecule has 15 aromatic rings. The van der Waals surface area contributed by atoms with Crippen molar-refractivity contribution in [3.8, 4) is 33.4 Å². The van der Waals surface area contributed by atoms with E-state index in [-0.39, 0.29) is 16.2 Å². The molecule has 0 saturated carbocycles. The quantitative estimate of drug-likeness (QED) is 0.156.